The van der Waals surface area contributed by atoms with Crippen LogP contribution in [-0.2, 0) is 26.5 Å². The van der Waals surface area contributed by atoms with Crippen molar-refractivity contribution in [1.82, 2.24) is 6.15 Å². The number of hydrogen-bond donors (Lipinski definition) is 5. The number of rotatable bonds is 1. The molecule has 70 valence electrons. The van der Waals surface area contributed by atoms with Crippen LogP contribution in [0.4, 0.5) is 0 Å². The van der Waals surface area contributed by atoms with Crippen molar-refractivity contribution < 1.29 is 47.4 Å². The summed E-state index contributed by atoms with van der Waals surface area (Å²) in [5.41, 5.74) is 0. The number of aliphatic hydroxyl groups is 1. The van der Waals surface area contributed by atoms with Crippen molar-refractivity contribution in [1.29, 1.82) is 0 Å². The number of aliphatic carboxylic acids is 1. The Hall–Kier alpha value is -0.0157. The molecular weight excluding hydrogens is 192 g/mol. The van der Waals surface area contributed by atoms with E-state index in [-0.39, 0.29) is 33.3 Å². The van der Waals surface area contributed by atoms with Crippen molar-refractivity contribution in [2.45, 2.75) is 13.0 Å². The summed E-state index contributed by atoms with van der Waals surface area (Å²) in [4.78, 5) is 9.45. The van der Waals surface area contributed by atoms with Crippen LogP contribution in [0.2, 0.25) is 0 Å². The van der Waals surface area contributed by atoms with Crippen LogP contribution in [0.5, 0.6) is 0 Å². The summed E-state index contributed by atoms with van der Waals surface area (Å²) in [5, 5.41) is 22.3. The zero-order valence-corrected chi connectivity index (χ0v) is 7.67. The van der Waals surface area contributed by atoms with Crippen LogP contribution >= 0.6 is 0 Å². The molecule has 0 amide bonds. The number of aliphatic hydroxyl groups excluding tert-OH is 1. The average Bonchev–Trinajstić information content (AvgIpc) is 1.72. The largest absolute Gasteiger partial charge is 0.479 e. The maximum absolute atomic E-state index is 9.45. The Morgan fingerprint density at radius 2 is 1.55 bits per heavy atom. The number of nitrogens with two attached hydrogens (primary N) is 1. The van der Waals surface area contributed by atoms with Gasteiger partial charge in [0.15, 0.2) is 0 Å². The summed E-state index contributed by atoms with van der Waals surface area (Å²) in [5.74, 6) is 2.31. The first-order valence-electron chi connectivity index (χ1n) is 1.81. The van der Waals surface area contributed by atoms with E-state index < -0.39 is 12.1 Å². The van der Waals surface area contributed by atoms with Gasteiger partial charge in [-0.25, -0.2) is 10.7 Å². The molecule has 10 N–H and O–H groups in total. The number of carboxylic acid groups (broad SMARTS) is 1. The normalized spacial score (nSPS) is 8.00. The first kappa shape index (κ1) is 30.6. The van der Waals surface area contributed by atoms with Gasteiger partial charge in [0.05, 0.1) is 0 Å². The van der Waals surface area contributed by atoms with E-state index >= 15 is 0 Å². The second-order valence-electron chi connectivity index (χ2n) is 1.01. The molecule has 11 heavy (non-hydrogen) atoms. The summed E-state index contributed by atoms with van der Waals surface area (Å²) in [6.07, 6.45) is -1.23. The molecule has 0 spiro atoms. The molecule has 0 saturated heterocycles. The van der Waals surface area contributed by atoms with Crippen LogP contribution in [0.15, 0.2) is 0 Å². The minimum Gasteiger partial charge on any atom is -0.479 e. The zero-order valence-electron chi connectivity index (χ0n) is 6.11. The van der Waals surface area contributed by atoms with Crippen molar-refractivity contribution >= 4 is 5.97 Å². The molecule has 7 nitrogen and oxygen atoms in total. The Bertz CT molecular complexity index is 70.7. The van der Waals surface area contributed by atoms with Gasteiger partial charge < -0.3 is 27.0 Å². The van der Waals surface area contributed by atoms with Gasteiger partial charge in [0.1, 0.15) is 6.10 Å². The fourth-order valence-electron chi connectivity index (χ4n) is 0. The van der Waals surface area contributed by atoms with E-state index in [4.69, 9.17) is 15.4 Å². The second kappa shape index (κ2) is 22.5. The van der Waals surface area contributed by atoms with Crippen LogP contribution in [0.25, 0.3) is 0 Å². The maximum atomic E-state index is 9.45. The molecule has 0 radical (unpaired) electrons. The molecule has 0 aromatic rings. The molecule has 1 atom stereocenters. The summed E-state index contributed by atoms with van der Waals surface area (Å²) in [6.45, 7) is 1.20. The van der Waals surface area contributed by atoms with E-state index in [1.54, 1.807) is 0 Å². The average molecular weight is 206 g/mol. The third kappa shape index (κ3) is 40.1. The van der Waals surface area contributed by atoms with Crippen molar-refractivity contribution in [3.05, 3.63) is 0 Å². The second-order valence-corrected chi connectivity index (χ2v) is 1.01. The van der Waals surface area contributed by atoms with E-state index in [1.165, 1.54) is 6.92 Å². The minimum atomic E-state index is -1.23. The molecule has 0 fully saturated rings. The maximum Gasteiger partial charge on any atom is 0.332 e. The topological polar surface area (TPSA) is 170 Å². The van der Waals surface area contributed by atoms with Crippen LogP contribution in [-0.4, -0.2) is 33.0 Å². The third-order valence-electron chi connectivity index (χ3n) is 0.357. The molecule has 8 heteroatoms. The van der Waals surface area contributed by atoms with Crippen LogP contribution in [0, 0.1) is 0 Å². The summed E-state index contributed by atoms with van der Waals surface area (Å²) >= 11 is 0. The SMILES string of the molecule is CC(O)C(=O)O.N.NO.O.[Ti]. The molecule has 0 aromatic heterocycles. The van der Waals surface area contributed by atoms with E-state index in [2.05, 4.69) is 5.90 Å². The Kier molecular flexibility index (Phi) is 62.6. The summed E-state index contributed by atoms with van der Waals surface area (Å²) in [6, 6.07) is 0. The first-order chi connectivity index (χ1) is 3.64. The molecule has 0 bridgehead atoms. The van der Waals surface area contributed by atoms with Gasteiger partial charge in [-0.1, -0.05) is 0 Å². The Morgan fingerprint density at radius 1 is 1.45 bits per heavy atom. The molecular formula is C3H14N2O5Ti. The van der Waals surface area contributed by atoms with Crippen molar-refractivity contribution in [2.24, 2.45) is 5.90 Å². The van der Waals surface area contributed by atoms with Gasteiger partial charge in [-0.05, 0) is 6.92 Å². The van der Waals surface area contributed by atoms with Crippen LogP contribution in [0.1, 0.15) is 6.92 Å². The molecule has 0 aliphatic heterocycles. The predicted molar refractivity (Wildman–Crippen MR) is 33.9 cm³/mol. The predicted octanol–water partition coefficient (Wildman–Crippen LogP) is -1.88. The van der Waals surface area contributed by atoms with E-state index in [1.807, 2.05) is 0 Å². The monoisotopic (exact) mass is 206 g/mol. The molecule has 0 aromatic carbocycles. The molecule has 0 heterocycles. The van der Waals surface area contributed by atoms with Gasteiger partial charge in [0.25, 0.3) is 0 Å². The van der Waals surface area contributed by atoms with Crippen molar-refractivity contribution in [2.75, 3.05) is 0 Å². The van der Waals surface area contributed by atoms with E-state index in [0.29, 0.717) is 0 Å². The summed E-state index contributed by atoms with van der Waals surface area (Å²) < 4.78 is 0. The smallest absolute Gasteiger partial charge is 0.332 e. The summed E-state index contributed by atoms with van der Waals surface area (Å²) in [7, 11) is 0. The molecule has 0 aliphatic carbocycles. The molecule has 0 aliphatic rings. The van der Waals surface area contributed by atoms with Gasteiger partial charge >= 0.3 is 5.97 Å². The quantitative estimate of drug-likeness (QED) is 0.248. The van der Waals surface area contributed by atoms with Gasteiger partial charge in [0.2, 0.25) is 0 Å². The zero-order chi connectivity index (χ0) is 7.15. The standard InChI is InChI=1S/C3H6O3.H3NO.H3N.H2O.Ti/c1-2(4)3(5)6;1-2;;;/h2,4H,1H3,(H,5,6);2H,1H2;1H3;1H2;. The molecule has 0 rings (SSSR count). The van der Waals surface area contributed by atoms with Crippen molar-refractivity contribution in [3.63, 3.8) is 0 Å². The van der Waals surface area contributed by atoms with Crippen molar-refractivity contribution in [3.8, 4) is 0 Å². The Balaban J connectivity index is -0.0000000222. The van der Waals surface area contributed by atoms with E-state index in [9.17, 15) is 4.79 Å². The Labute approximate surface area is 78.9 Å². The van der Waals surface area contributed by atoms with E-state index in [0.717, 1.165) is 0 Å². The number of hydrogen-bond acceptors (Lipinski definition) is 5. The van der Waals surface area contributed by atoms with Gasteiger partial charge in [-0.15, -0.1) is 0 Å². The van der Waals surface area contributed by atoms with Gasteiger partial charge in [-0.2, -0.15) is 0 Å². The van der Waals surface area contributed by atoms with Gasteiger partial charge in [-0.3, -0.25) is 0 Å². The number of carboxylic acids is 1. The van der Waals surface area contributed by atoms with Crippen LogP contribution in [0.3, 0.4) is 0 Å². The molecule has 1 unspecified atom stereocenters. The van der Waals surface area contributed by atoms with Gasteiger partial charge in [0, 0.05) is 21.7 Å². The van der Waals surface area contributed by atoms with Crippen LogP contribution < -0.4 is 12.0 Å². The fraction of sp³-hybridized carbons (Fsp3) is 0.667. The Morgan fingerprint density at radius 3 is 1.55 bits per heavy atom. The minimum absolute atomic E-state index is 0. The molecule has 0 saturated carbocycles. The first-order valence-corrected chi connectivity index (χ1v) is 1.81. The third-order valence-corrected chi connectivity index (χ3v) is 0.357. The fourth-order valence-corrected chi connectivity index (χ4v) is 0. The number of carbonyl (C=O) groups is 1.